The third kappa shape index (κ3) is 12.0. The summed E-state index contributed by atoms with van der Waals surface area (Å²) in [6.45, 7) is 2.86. The minimum Gasteiger partial charge on any atom is -0.356 e. The molecule has 3 amide bonds. The Morgan fingerprint density at radius 3 is 2.40 bits per heavy atom. The molecule has 0 aromatic heterocycles. The molecular formula is C22H34N4O4. The van der Waals surface area contributed by atoms with E-state index in [-0.39, 0.29) is 31.3 Å². The number of amides is 3. The fraction of sp³-hybridized carbons (Fsp3) is 0.545. The third-order valence-electron chi connectivity index (χ3n) is 4.50. The lowest BCUT2D eigenvalue weighted by Gasteiger charge is -2.18. The third-order valence-corrected chi connectivity index (χ3v) is 4.50. The van der Waals surface area contributed by atoms with Gasteiger partial charge in [0.15, 0.2) is 0 Å². The van der Waals surface area contributed by atoms with Crippen LogP contribution in [-0.2, 0) is 25.6 Å². The molecule has 1 aromatic rings. The molecular weight excluding hydrogens is 384 g/mol. The van der Waals surface area contributed by atoms with E-state index in [0.717, 1.165) is 24.8 Å². The van der Waals surface area contributed by atoms with Crippen LogP contribution in [0, 0.1) is 0 Å². The van der Waals surface area contributed by atoms with Crippen molar-refractivity contribution < 1.29 is 19.2 Å². The Bertz CT molecular complexity index is 652. The average Bonchev–Trinajstić information content (AvgIpc) is 2.75. The lowest BCUT2D eigenvalue weighted by Crippen LogP contribution is -2.49. The molecule has 0 saturated heterocycles. The predicted molar refractivity (Wildman–Crippen MR) is 116 cm³/mol. The molecule has 1 rings (SSSR count). The zero-order chi connectivity index (χ0) is 22.0. The van der Waals surface area contributed by atoms with Gasteiger partial charge in [0.05, 0.1) is 19.1 Å². The van der Waals surface area contributed by atoms with Gasteiger partial charge in [-0.3, -0.25) is 14.4 Å². The lowest BCUT2D eigenvalue weighted by molar-refractivity contribution is -0.127. The van der Waals surface area contributed by atoms with Crippen molar-refractivity contribution in [2.75, 3.05) is 26.2 Å². The number of aldehydes is 1. The highest BCUT2D eigenvalue weighted by atomic mass is 16.2. The first-order chi connectivity index (χ1) is 14.6. The minimum absolute atomic E-state index is 0.0499. The topological polar surface area (TPSA) is 116 Å². The Labute approximate surface area is 178 Å². The summed E-state index contributed by atoms with van der Waals surface area (Å²) in [6, 6.07) is 8.94. The molecule has 0 unspecified atom stereocenters. The summed E-state index contributed by atoms with van der Waals surface area (Å²) < 4.78 is 0. The van der Waals surface area contributed by atoms with E-state index in [2.05, 4.69) is 28.2 Å². The van der Waals surface area contributed by atoms with E-state index < -0.39 is 11.9 Å². The van der Waals surface area contributed by atoms with E-state index in [1.807, 2.05) is 30.3 Å². The van der Waals surface area contributed by atoms with Crippen molar-refractivity contribution in [1.82, 2.24) is 21.3 Å². The maximum absolute atomic E-state index is 12.6. The van der Waals surface area contributed by atoms with Gasteiger partial charge in [-0.05, 0) is 18.4 Å². The van der Waals surface area contributed by atoms with Gasteiger partial charge in [0, 0.05) is 19.5 Å². The number of carbonyl (C=O) groups is 4. The Balaban J connectivity index is 2.47. The van der Waals surface area contributed by atoms with Gasteiger partial charge >= 0.3 is 0 Å². The molecule has 0 heterocycles. The monoisotopic (exact) mass is 418 g/mol. The van der Waals surface area contributed by atoms with Crippen LogP contribution in [0.5, 0.6) is 0 Å². The lowest BCUT2D eigenvalue weighted by atomic mass is 10.1. The van der Waals surface area contributed by atoms with Crippen molar-refractivity contribution in [1.29, 1.82) is 0 Å². The molecule has 8 nitrogen and oxygen atoms in total. The average molecular weight is 419 g/mol. The first-order valence-electron chi connectivity index (χ1n) is 10.6. The Morgan fingerprint density at radius 2 is 1.70 bits per heavy atom. The van der Waals surface area contributed by atoms with Crippen molar-refractivity contribution in [3.05, 3.63) is 35.9 Å². The van der Waals surface area contributed by atoms with E-state index in [9.17, 15) is 19.2 Å². The van der Waals surface area contributed by atoms with Gasteiger partial charge in [-0.1, -0.05) is 56.5 Å². The molecule has 0 saturated carbocycles. The van der Waals surface area contributed by atoms with Crippen LogP contribution >= 0.6 is 0 Å². The summed E-state index contributed by atoms with van der Waals surface area (Å²) in [5, 5.41) is 11.0. The summed E-state index contributed by atoms with van der Waals surface area (Å²) in [6.07, 6.45) is 5.68. The zero-order valence-electron chi connectivity index (χ0n) is 17.7. The number of rotatable bonds is 16. The summed E-state index contributed by atoms with van der Waals surface area (Å²) >= 11 is 0. The number of hydrogen-bond acceptors (Lipinski definition) is 5. The predicted octanol–water partition coefficient (Wildman–Crippen LogP) is 0.705. The number of benzene rings is 1. The van der Waals surface area contributed by atoms with Crippen LogP contribution in [-0.4, -0.2) is 56.2 Å². The van der Waals surface area contributed by atoms with Crippen LogP contribution in [0.15, 0.2) is 30.3 Å². The van der Waals surface area contributed by atoms with Crippen molar-refractivity contribution in [3.8, 4) is 0 Å². The van der Waals surface area contributed by atoms with Crippen LogP contribution in [0.2, 0.25) is 0 Å². The first kappa shape index (κ1) is 25.3. The van der Waals surface area contributed by atoms with E-state index in [1.165, 1.54) is 6.42 Å². The van der Waals surface area contributed by atoms with Crippen molar-refractivity contribution >= 4 is 24.0 Å². The maximum Gasteiger partial charge on any atom is 0.239 e. The standard InChI is InChI=1S/C22H34N4O4/c1-2-3-4-8-12-24-20(28)11-13-23-19(16-18-9-6-5-7-10-18)22(30)26-17-21(29)25-14-15-27/h5-7,9-10,15,19,23H,2-4,8,11-14,16-17H2,1H3,(H,24,28)(H,25,29)(H,26,30)/t19-/m0/s1. The van der Waals surface area contributed by atoms with E-state index in [0.29, 0.717) is 25.8 Å². The van der Waals surface area contributed by atoms with Crippen molar-refractivity contribution in [2.45, 2.75) is 51.5 Å². The molecule has 4 N–H and O–H groups in total. The molecule has 0 aliphatic carbocycles. The molecule has 0 spiro atoms. The second-order valence-corrected chi connectivity index (χ2v) is 7.05. The number of unbranched alkanes of at least 4 members (excludes halogenated alkanes) is 3. The molecule has 0 bridgehead atoms. The largest absolute Gasteiger partial charge is 0.356 e. The smallest absolute Gasteiger partial charge is 0.239 e. The molecule has 8 heteroatoms. The van der Waals surface area contributed by atoms with Crippen molar-refractivity contribution in [3.63, 3.8) is 0 Å². The quantitative estimate of drug-likeness (QED) is 0.233. The van der Waals surface area contributed by atoms with Crippen LogP contribution < -0.4 is 21.3 Å². The van der Waals surface area contributed by atoms with E-state index in [1.54, 1.807) is 0 Å². The van der Waals surface area contributed by atoms with Crippen LogP contribution in [0.25, 0.3) is 0 Å². The number of nitrogens with one attached hydrogen (secondary N) is 4. The van der Waals surface area contributed by atoms with Crippen LogP contribution in [0.3, 0.4) is 0 Å². The van der Waals surface area contributed by atoms with Crippen molar-refractivity contribution in [2.24, 2.45) is 0 Å². The molecule has 30 heavy (non-hydrogen) atoms. The van der Waals surface area contributed by atoms with Gasteiger partial charge < -0.3 is 26.1 Å². The zero-order valence-corrected chi connectivity index (χ0v) is 17.7. The first-order valence-corrected chi connectivity index (χ1v) is 10.6. The Morgan fingerprint density at radius 1 is 0.933 bits per heavy atom. The van der Waals surface area contributed by atoms with Gasteiger partial charge in [0.1, 0.15) is 6.29 Å². The van der Waals surface area contributed by atoms with Gasteiger partial charge in [-0.25, -0.2) is 0 Å². The highest BCUT2D eigenvalue weighted by Crippen LogP contribution is 2.04. The van der Waals surface area contributed by atoms with Gasteiger partial charge in [-0.2, -0.15) is 0 Å². The summed E-state index contributed by atoms with van der Waals surface area (Å²) in [5.41, 5.74) is 0.968. The summed E-state index contributed by atoms with van der Waals surface area (Å²) in [7, 11) is 0. The molecule has 166 valence electrons. The molecule has 0 fully saturated rings. The van der Waals surface area contributed by atoms with Crippen LogP contribution in [0.4, 0.5) is 0 Å². The normalized spacial score (nSPS) is 11.4. The number of carbonyl (C=O) groups excluding carboxylic acids is 4. The van der Waals surface area contributed by atoms with E-state index in [4.69, 9.17) is 0 Å². The minimum atomic E-state index is -0.580. The number of hydrogen-bond donors (Lipinski definition) is 4. The van der Waals surface area contributed by atoms with Gasteiger partial charge in [0.25, 0.3) is 0 Å². The Kier molecular flexibility index (Phi) is 13.6. The maximum atomic E-state index is 12.6. The van der Waals surface area contributed by atoms with Gasteiger partial charge in [0.2, 0.25) is 17.7 Å². The second-order valence-electron chi connectivity index (χ2n) is 7.05. The molecule has 1 aromatic carbocycles. The highest BCUT2D eigenvalue weighted by Gasteiger charge is 2.19. The van der Waals surface area contributed by atoms with E-state index >= 15 is 0 Å². The van der Waals surface area contributed by atoms with Crippen LogP contribution in [0.1, 0.15) is 44.6 Å². The fourth-order valence-corrected chi connectivity index (χ4v) is 2.84. The van der Waals surface area contributed by atoms with Gasteiger partial charge in [-0.15, -0.1) is 0 Å². The highest BCUT2D eigenvalue weighted by molar-refractivity contribution is 5.88. The molecule has 0 aliphatic heterocycles. The fourth-order valence-electron chi connectivity index (χ4n) is 2.84. The molecule has 1 atom stereocenters. The molecule has 0 aliphatic rings. The Hall–Kier alpha value is -2.74. The molecule has 0 radical (unpaired) electrons. The second kappa shape index (κ2) is 16.1. The SMILES string of the molecule is CCCCCCNC(=O)CCN[C@@H](Cc1ccccc1)C(=O)NCC(=O)NCC=O. The summed E-state index contributed by atoms with van der Waals surface area (Å²) in [4.78, 5) is 46.4. The summed E-state index contributed by atoms with van der Waals surface area (Å²) in [5.74, 6) is -0.817.